The monoisotopic (exact) mass is 247 g/mol. The number of halogens is 2. The van der Waals surface area contributed by atoms with Gasteiger partial charge in [0, 0.05) is 17.1 Å². The van der Waals surface area contributed by atoms with Crippen molar-refractivity contribution < 1.29 is 9.50 Å². The molecule has 0 unspecified atom stereocenters. The maximum absolute atomic E-state index is 12.9. The van der Waals surface area contributed by atoms with Gasteiger partial charge in [-0.25, -0.2) is 4.39 Å². The summed E-state index contributed by atoms with van der Waals surface area (Å²) in [5.41, 5.74) is 6.39. The summed E-state index contributed by atoms with van der Waals surface area (Å²) in [6.45, 7) is 0.00923. The lowest BCUT2D eigenvalue weighted by atomic mass is 10.1. The number of benzene rings is 1. The van der Waals surface area contributed by atoms with E-state index in [1.807, 2.05) is 0 Å². The van der Waals surface area contributed by atoms with Crippen molar-refractivity contribution in [3.05, 3.63) is 34.1 Å². The lowest BCUT2D eigenvalue weighted by molar-refractivity contribution is 0.276. The third-order valence-electron chi connectivity index (χ3n) is 1.75. The summed E-state index contributed by atoms with van der Waals surface area (Å²) in [4.78, 5) is 0. The number of hydrogen-bond acceptors (Lipinski definition) is 2. The molecule has 1 rings (SSSR count). The van der Waals surface area contributed by atoms with Crippen LogP contribution in [0.2, 0.25) is 0 Å². The standard InChI is InChI=1S/C9H11BrFNO/c10-7-3-6(4-8(11)5-7)9(12)1-2-13/h3-5,9,13H,1-2,12H2/t9-/m0/s1. The van der Waals surface area contributed by atoms with Crippen molar-refractivity contribution in [1.29, 1.82) is 0 Å². The highest BCUT2D eigenvalue weighted by Crippen LogP contribution is 2.20. The first-order chi connectivity index (χ1) is 6.13. The SMILES string of the molecule is N[C@@H](CCO)c1cc(F)cc(Br)c1. The van der Waals surface area contributed by atoms with Crippen molar-refractivity contribution in [2.75, 3.05) is 6.61 Å². The van der Waals surface area contributed by atoms with Gasteiger partial charge in [0.15, 0.2) is 0 Å². The van der Waals surface area contributed by atoms with Gasteiger partial charge in [-0.15, -0.1) is 0 Å². The van der Waals surface area contributed by atoms with Gasteiger partial charge in [-0.1, -0.05) is 15.9 Å². The van der Waals surface area contributed by atoms with Crippen LogP contribution < -0.4 is 5.73 Å². The first kappa shape index (κ1) is 10.6. The molecule has 3 N–H and O–H groups in total. The molecule has 1 aromatic rings. The molecule has 0 aliphatic heterocycles. The Labute approximate surface area is 84.7 Å². The number of nitrogens with two attached hydrogens (primary N) is 1. The molecule has 0 aliphatic carbocycles. The zero-order valence-corrected chi connectivity index (χ0v) is 8.59. The highest BCUT2D eigenvalue weighted by atomic mass is 79.9. The van der Waals surface area contributed by atoms with Crippen LogP contribution in [-0.4, -0.2) is 11.7 Å². The molecule has 0 aliphatic rings. The van der Waals surface area contributed by atoms with Gasteiger partial charge in [0.1, 0.15) is 5.82 Å². The first-order valence-electron chi connectivity index (χ1n) is 3.96. The quantitative estimate of drug-likeness (QED) is 0.858. The average Bonchev–Trinajstić information content (AvgIpc) is 2.03. The highest BCUT2D eigenvalue weighted by Gasteiger charge is 2.07. The normalized spacial score (nSPS) is 12.9. The molecule has 0 amide bonds. The number of rotatable bonds is 3. The van der Waals surface area contributed by atoms with E-state index in [9.17, 15) is 4.39 Å². The van der Waals surface area contributed by atoms with Gasteiger partial charge in [-0.3, -0.25) is 0 Å². The van der Waals surface area contributed by atoms with Gasteiger partial charge >= 0.3 is 0 Å². The predicted octanol–water partition coefficient (Wildman–Crippen LogP) is 1.97. The Morgan fingerprint density at radius 2 is 2.15 bits per heavy atom. The molecule has 2 nitrogen and oxygen atoms in total. The minimum Gasteiger partial charge on any atom is -0.396 e. The van der Waals surface area contributed by atoms with Crippen LogP contribution in [-0.2, 0) is 0 Å². The summed E-state index contributed by atoms with van der Waals surface area (Å²) in [6, 6.07) is 4.20. The van der Waals surface area contributed by atoms with E-state index in [4.69, 9.17) is 10.8 Å². The summed E-state index contributed by atoms with van der Waals surface area (Å²) in [7, 11) is 0. The Morgan fingerprint density at radius 1 is 1.46 bits per heavy atom. The number of aliphatic hydroxyl groups is 1. The minimum atomic E-state index is -0.322. The second-order valence-electron chi connectivity index (χ2n) is 2.82. The van der Waals surface area contributed by atoms with E-state index in [-0.39, 0.29) is 18.5 Å². The summed E-state index contributed by atoms with van der Waals surface area (Å²) in [5.74, 6) is -0.322. The van der Waals surface area contributed by atoms with Crippen molar-refractivity contribution >= 4 is 15.9 Å². The van der Waals surface area contributed by atoms with Gasteiger partial charge in [0.05, 0.1) is 0 Å². The first-order valence-corrected chi connectivity index (χ1v) is 4.75. The van der Waals surface area contributed by atoms with Gasteiger partial charge in [0.25, 0.3) is 0 Å². The van der Waals surface area contributed by atoms with E-state index in [1.54, 1.807) is 6.07 Å². The average molecular weight is 248 g/mol. The van der Waals surface area contributed by atoms with Crippen LogP contribution in [0, 0.1) is 5.82 Å². The summed E-state index contributed by atoms with van der Waals surface area (Å²) >= 11 is 3.17. The third kappa shape index (κ3) is 3.06. The molecular formula is C9H11BrFNO. The molecule has 0 spiro atoms. The van der Waals surface area contributed by atoms with Gasteiger partial charge < -0.3 is 10.8 Å². The summed E-state index contributed by atoms with van der Waals surface area (Å²) in [5, 5.41) is 8.65. The Morgan fingerprint density at radius 3 is 2.69 bits per heavy atom. The van der Waals surface area contributed by atoms with Crippen LogP contribution in [0.1, 0.15) is 18.0 Å². The van der Waals surface area contributed by atoms with Gasteiger partial charge in [0.2, 0.25) is 0 Å². The van der Waals surface area contributed by atoms with Crippen molar-refractivity contribution in [3.8, 4) is 0 Å². The third-order valence-corrected chi connectivity index (χ3v) is 2.21. The fourth-order valence-corrected chi connectivity index (χ4v) is 1.58. The Hall–Kier alpha value is -0.450. The second kappa shape index (κ2) is 4.69. The van der Waals surface area contributed by atoms with E-state index >= 15 is 0 Å². The molecule has 0 radical (unpaired) electrons. The molecule has 0 saturated heterocycles. The van der Waals surface area contributed by atoms with E-state index in [1.165, 1.54) is 12.1 Å². The zero-order chi connectivity index (χ0) is 9.84. The van der Waals surface area contributed by atoms with Crippen LogP contribution in [0.15, 0.2) is 22.7 Å². The fourth-order valence-electron chi connectivity index (χ4n) is 1.09. The smallest absolute Gasteiger partial charge is 0.124 e. The lowest BCUT2D eigenvalue weighted by Crippen LogP contribution is -2.12. The highest BCUT2D eigenvalue weighted by molar-refractivity contribution is 9.10. The molecule has 72 valence electrons. The number of aliphatic hydroxyl groups excluding tert-OH is 1. The van der Waals surface area contributed by atoms with E-state index in [0.717, 1.165) is 0 Å². The maximum Gasteiger partial charge on any atom is 0.124 e. The lowest BCUT2D eigenvalue weighted by Gasteiger charge is -2.10. The minimum absolute atomic E-state index is 0.00923. The topological polar surface area (TPSA) is 46.2 Å². The van der Waals surface area contributed by atoms with Crippen LogP contribution in [0.4, 0.5) is 4.39 Å². The van der Waals surface area contributed by atoms with Gasteiger partial charge in [-0.2, -0.15) is 0 Å². The second-order valence-corrected chi connectivity index (χ2v) is 3.74. The van der Waals surface area contributed by atoms with Crippen molar-refractivity contribution in [3.63, 3.8) is 0 Å². The molecule has 1 atom stereocenters. The molecular weight excluding hydrogens is 237 g/mol. The Kier molecular flexibility index (Phi) is 3.84. The van der Waals surface area contributed by atoms with Crippen molar-refractivity contribution in [2.45, 2.75) is 12.5 Å². The van der Waals surface area contributed by atoms with Crippen LogP contribution >= 0.6 is 15.9 Å². The Bertz CT molecular complexity index is 273. The molecule has 0 saturated carbocycles. The van der Waals surface area contributed by atoms with Crippen LogP contribution in [0.3, 0.4) is 0 Å². The van der Waals surface area contributed by atoms with E-state index in [2.05, 4.69) is 15.9 Å². The molecule has 0 bridgehead atoms. The molecule has 0 fully saturated rings. The van der Waals surface area contributed by atoms with Crippen LogP contribution in [0.25, 0.3) is 0 Å². The largest absolute Gasteiger partial charge is 0.396 e. The fraction of sp³-hybridized carbons (Fsp3) is 0.333. The zero-order valence-electron chi connectivity index (χ0n) is 7.00. The molecule has 4 heteroatoms. The van der Waals surface area contributed by atoms with Crippen molar-refractivity contribution in [2.24, 2.45) is 5.73 Å². The van der Waals surface area contributed by atoms with Crippen LogP contribution in [0.5, 0.6) is 0 Å². The number of hydrogen-bond donors (Lipinski definition) is 2. The molecule has 0 aromatic heterocycles. The summed E-state index contributed by atoms with van der Waals surface area (Å²) in [6.07, 6.45) is 0.440. The Balaban J connectivity index is 2.87. The van der Waals surface area contributed by atoms with Crippen molar-refractivity contribution in [1.82, 2.24) is 0 Å². The van der Waals surface area contributed by atoms with E-state index < -0.39 is 0 Å². The molecule has 1 aromatic carbocycles. The predicted molar refractivity (Wildman–Crippen MR) is 52.7 cm³/mol. The van der Waals surface area contributed by atoms with Gasteiger partial charge in [-0.05, 0) is 30.2 Å². The van der Waals surface area contributed by atoms with E-state index in [0.29, 0.717) is 16.5 Å². The maximum atomic E-state index is 12.9. The summed E-state index contributed by atoms with van der Waals surface area (Å²) < 4.78 is 13.5. The molecule has 0 heterocycles. The molecule has 13 heavy (non-hydrogen) atoms.